The standard InChI is InChI=1S/C20H25ClN4O2/c1-14(2)13-17(26)23-9-11-24(12-10-23)20(27)18-15(3)22-25(19(18)21)16-7-5-4-6-8-16/h4-8,14H,9-13H2,1-3H3. The van der Waals surface area contributed by atoms with E-state index < -0.39 is 0 Å². The van der Waals surface area contributed by atoms with Gasteiger partial charge in [0.25, 0.3) is 5.91 Å². The van der Waals surface area contributed by atoms with Crippen LogP contribution in [0.25, 0.3) is 5.69 Å². The number of para-hydroxylation sites is 1. The highest BCUT2D eigenvalue weighted by molar-refractivity contribution is 6.33. The van der Waals surface area contributed by atoms with Gasteiger partial charge in [-0.3, -0.25) is 9.59 Å². The number of hydrogen-bond donors (Lipinski definition) is 0. The molecule has 2 amide bonds. The molecule has 0 N–H and O–H groups in total. The third-order valence-electron chi connectivity index (χ3n) is 4.72. The minimum atomic E-state index is -0.129. The number of aryl methyl sites for hydroxylation is 1. The van der Waals surface area contributed by atoms with Crippen molar-refractivity contribution in [2.24, 2.45) is 5.92 Å². The Balaban J connectivity index is 1.72. The summed E-state index contributed by atoms with van der Waals surface area (Å²) in [7, 11) is 0. The highest BCUT2D eigenvalue weighted by Crippen LogP contribution is 2.25. The van der Waals surface area contributed by atoms with Gasteiger partial charge in [0.2, 0.25) is 5.91 Å². The molecule has 2 heterocycles. The molecule has 1 aliphatic rings. The number of benzene rings is 1. The van der Waals surface area contributed by atoms with E-state index in [9.17, 15) is 9.59 Å². The van der Waals surface area contributed by atoms with Crippen molar-refractivity contribution in [1.29, 1.82) is 0 Å². The van der Waals surface area contributed by atoms with Crippen LogP contribution in [0.1, 0.15) is 36.3 Å². The lowest BCUT2D eigenvalue weighted by Gasteiger charge is -2.35. The van der Waals surface area contributed by atoms with E-state index in [1.165, 1.54) is 0 Å². The molecule has 1 saturated heterocycles. The van der Waals surface area contributed by atoms with Crippen LogP contribution in [0.3, 0.4) is 0 Å². The highest BCUT2D eigenvalue weighted by Gasteiger charge is 2.29. The van der Waals surface area contributed by atoms with E-state index in [4.69, 9.17) is 11.6 Å². The first kappa shape index (κ1) is 19.4. The smallest absolute Gasteiger partial charge is 0.259 e. The molecule has 1 aromatic heterocycles. The maximum absolute atomic E-state index is 13.0. The molecule has 6 nitrogen and oxygen atoms in total. The quantitative estimate of drug-likeness (QED) is 0.808. The lowest BCUT2D eigenvalue weighted by molar-refractivity contribution is -0.133. The van der Waals surface area contributed by atoms with Gasteiger partial charge in [-0.2, -0.15) is 5.10 Å². The van der Waals surface area contributed by atoms with Gasteiger partial charge in [0.1, 0.15) is 5.15 Å². The van der Waals surface area contributed by atoms with Gasteiger partial charge < -0.3 is 9.80 Å². The van der Waals surface area contributed by atoms with E-state index in [1.807, 2.05) is 49.1 Å². The van der Waals surface area contributed by atoms with E-state index in [1.54, 1.807) is 16.5 Å². The molecule has 0 bridgehead atoms. The maximum atomic E-state index is 13.0. The van der Waals surface area contributed by atoms with Crippen LogP contribution in [0, 0.1) is 12.8 Å². The predicted octanol–water partition coefficient (Wildman–Crippen LogP) is 3.16. The molecular weight excluding hydrogens is 364 g/mol. The van der Waals surface area contributed by atoms with E-state index >= 15 is 0 Å². The SMILES string of the molecule is Cc1nn(-c2ccccc2)c(Cl)c1C(=O)N1CCN(C(=O)CC(C)C)CC1. The lowest BCUT2D eigenvalue weighted by atomic mass is 10.1. The largest absolute Gasteiger partial charge is 0.339 e. The average molecular weight is 389 g/mol. The van der Waals surface area contributed by atoms with Crippen molar-refractivity contribution in [1.82, 2.24) is 19.6 Å². The summed E-state index contributed by atoms with van der Waals surface area (Å²) in [5, 5.41) is 4.77. The van der Waals surface area contributed by atoms with Crippen molar-refractivity contribution in [3.05, 3.63) is 46.7 Å². The van der Waals surface area contributed by atoms with Crippen LogP contribution in [0.15, 0.2) is 30.3 Å². The number of aromatic nitrogens is 2. The molecule has 0 spiro atoms. The summed E-state index contributed by atoms with van der Waals surface area (Å²) >= 11 is 6.50. The summed E-state index contributed by atoms with van der Waals surface area (Å²) < 4.78 is 1.59. The Labute approximate surface area is 164 Å². The van der Waals surface area contributed by atoms with Crippen molar-refractivity contribution >= 4 is 23.4 Å². The molecule has 0 unspecified atom stereocenters. The molecule has 0 atom stereocenters. The van der Waals surface area contributed by atoms with Crippen molar-refractivity contribution < 1.29 is 9.59 Å². The van der Waals surface area contributed by atoms with E-state index in [2.05, 4.69) is 5.10 Å². The Morgan fingerprint density at radius 1 is 1.07 bits per heavy atom. The topological polar surface area (TPSA) is 58.4 Å². The predicted molar refractivity (Wildman–Crippen MR) is 105 cm³/mol. The van der Waals surface area contributed by atoms with Crippen molar-refractivity contribution in [3.63, 3.8) is 0 Å². The van der Waals surface area contributed by atoms with Gasteiger partial charge in [0, 0.05) is 32.6 Å². The van der Waals surface area contributed by atoms with Gasteiger partial charge in [0.05, 0.1) is 16.9 Å². The summed E-state index contributed by atoms with van der Waals surface area (Å²) in [6.07, 6.45) is 0.544. The van der Waals surface area contributed by atoms with E-state index in [0.29, 0.717) is 54.9 Å². The third kappa shape index (κ3) is 4.16. The lowest BCUT2D eigenvalue weighted by Crippen LogP contribution is -2.50. The number of carbonyl (C=O) groups excluding carboxylic acids is 2. The van der Waals surface area contributed by atoms with Crippen molar-refractivity contribution in [2.75, 3.05) is 26.2 Å². The molecule has 27 heavy (non-hydrogen) atoms. The second-order valence-corrected chi connectivity index (χ2v) is 7.63. The molecule has 0 radical (unpaired) electrons. The third-order valence-corrected chi connectivity index (χ3v) is 5.07. The average Bonchev–Trinajstić information content (AvgIpc) is 2.95. The zero-order valence-electron chi connectivity index (χ0n) is 16.0. The normalized spacial score (nSPS) is 14.7. The molecular formula is C20H25ClN4O2. The Hall–Kier alpha value is -2.34. The molecule has 1 fully saturated rings. The number of carbonyl (C=O) groups is 2. The summed E-state index contributed by atoms with van der Waals surface area (Å²) in [5.74, 6) is 0.362. The summed E-state index contributed by atoms with van der Waals surface area (Å²) in [4.78, 5) is 28.8. The Kier molecular flexibility index (Phi) is 5.85. The zero-order valence-corrected chi connectivity index (χ0v) is 16.7. The summed E-state index contributed by atoms with van der Waals surface area (Å²) in [6, 6.07) is 9.51. The fourth-order valence-electron chi connectivity index (χ4n) is 3.28. The van der Waals surface area contributed by atoms with Crippen LogP contribution in [0.5, 0.6) is 0 Å². The molecule has 1 aromatic carbocycles. The second-order valence-electron chi connectivity index (χ2n) is 7.27. The molecule has 1 aliphatic heterocycles. The summed E-state index contributed by atoms with van der Waals surface area (Å²) in [5.41, 5.74) is 1.85. The van der Waals surface area contributed by atoms with E-state index in [0.717, 1.165) is 5.69 Å². The fourth-order valence-corrected chi connectivity index (χ4v) is 3.63. The van der Waals surface area contributed by atoms with Gasteiger partial charge in [-0.1, -0.05) is 43.6 Å². The first-order valence-electron chi connectivity index (χ1n) is 9.26. The molecule has 0 saturated carbocycles. The number of amides is 2. The first-order chi connectivity index (χ1) is 12.9. The van der Waals surface area contributed by atoms with Gasteiger partial charge in [-0.15, -0.1) is 0 Å². The first-order valence-corrected chi connectivity index (χ1v) is 9.64. The number of piperazine rings is 1. The molecule has 2 aromatic rings. The maximum Gasteiger partial charge on any atom is 0.259 e. The van der Waals surface area contributed by atoms with Crippen molar-refractivity contribution in [2.45, 2.75) is 27.2 Å². The van der Waals surface area contributed by atoms with Gasteiger partial charge in [-0.05, 0) is 25.0 Å². The van der Waals surface area contributed by atoms with E-state index in [-0.39, 0.29) is 11.8 Å². The number of rotatable bonds is 4. The second kappa shape index (κ2) is 8.13. The Morgan fingerprint density at radius 2 is 1.67 bits per heavy atom. The van der Waals surface area contributed by atoms with Crippen LogP contribution in [0.4, 0.5) is 0 Å². The van der Waals surface area contributed by atoms with Gasteiger partial charge in [-0.25, -0.2) is 4.68 Å². The number of nitrogens with zero attached hydrogens (tertiary/aromatic N) is 4. The molecule has 0 aliphatic carbocycles. The minimum absolute atomic E-state index is 0.129. The number of halogens is 1. The Morgan fingerprint density at radius 3 is 2.26 bits per heavy atom. The van der Waals surface area contributed by atoms with Crippen molar-refractivity contribution in [3.8, 4) is 5.69 Å². The Bertz CT molecular complexity index is 824. The molecule has 144 valence electrons. The van der Waals surface area contributed by atoms with Crippen LogP contribution in [-0.2, 0) is 4.79 Å². The zero-order chi connectivity index (χ0) is 19.6. The van der Waals surface area contributed by atoms with Crippen LogP contribution in [-0.4, -0.2) is 57.6 Å². The monoisotopic (exact) mass is 388 g/mol. The summed E-state index contributed by atoms with van der Waals surface area (Å²) in [6.45, 7) is 7.99. The van der Waals surface area contributed by atoms with Gasteiger partial charge >= 0.3 is 0 Å². The van der Waals surface area contributed by atoms with Crippen LogP contribution in [0.2, 0.25) is 5.15 Å². The van der Waals surface area contributed by atoms with Crippen LogP contribution < -0.4 is 0 Å². The van der Waals surface area contributed by atoms with Crippen LogP contribution >= 0.6 is 11.6 Å². The van der Waals surface area contributed by atoms with Gasteiger partial charge in [0.15, 0.2) is 0 Å². The minimum Gasteiger partial charge on any atom is -0.339 e. The fraction of sp³-hybridized carbons (Fsp3) is 0.450. The highest BCUT2D eigenvalue weighted by atomic mass is 35.5. The molecule has 7 heteroatoms. The molecule has 3 rings (SSSR count). The number of hydrogen-bond acceptors (Lipinski definition) is 3.